The van der Waals surface area contributed by atoms with E-state index in [1.165, 1.54) is 6.21 Å². The highest BCUT2D eigenvalue weighted by Crippen LogP contribution is 2.44. The minimum atomic E-state index is -0.535. The van der Waals surface area contributed by atoms with Gasteiger partial charge in [-0.25, -0.2) is 0 Å². The lowest BCUT2D eigenvalue weighted by atomic mass is 9.99. The van der Waals surface area contributed by atoms with Crippen LogP contribution in [0.5, 0.6) is 0 Å². The molecule has 0 spiro atoms. The molecule has 0 aliphatic heterocycles. The van der Waals surface area contributed by atoms with Crippen molar-refractivity contribution in [1.82, 2.24) is 0 Å². The molecule has 1 aliphatic rings. The Bertz CT molecular complexity index is 762. The highest BCUT2D eigenvalue weighted by molar-refractivity contribution is 6.25. The van der Waals surface area contributed by atoms with Crippen molar-refractivity contribution in [3.8, 4) is 0 Å². The number of amides is 1. The fourth-order valence-corrected chi connectivity index (χ4v) is 3.00. The Morgan fingerprint density at radius 1 is 1.58 bits per heavy atom. The fraction of sp³-hybridized carbons (Fsp3) is 0.312. The average molecular weight is 325 g/mol. The van der Waals surface area contributed by atoms with Crippen LogP contribution >= 0.6 is 0 Å². The van der Waals surface area contributed by atoms with E-state index in [4.69, 9.17) is 22.1 Å². The van der Waals surface area contributed by atoms with Crippen LogP contribution in [0, 0.1) is 10.8 Å². The summed E-state index contributed by atoms with van der Waals surface area (Å²) >= 11 is 0. The van der Waals surface area contributed by atoms with E-state index in [0.29, 0.717) is 11.6 Å². The Balaban J connectivity index is 2.29. The van der Waals surface area contributed by atoms with Gasteiger partial charge in [0.2, 0.25) is 0 Å². The first-order valence-electron chi connectivity index (χ1n) is 7.48. The number of hydrogen-bond donors (Lipinski definition) is 4. The molecular formula is C16H19N7O. The van der Waals surface area contributed by atoms with Gasteiger partial charge in [0.05, 0.1) is 17.8 Å². The van der Waals surface area contributed by atoms with Crippen molar-refractivity contribution in [1.29, 1.82) is 10.8 Å². The molecule has 0 saturated carbocycles. The van der Waals surface area contributed by atoms with E-state index in [0.717, 1.165) is 23.7 Å². The largest absolute Gasteiger partial charge is 0.404 e. The minimum absolute atomic E-state index is 0.0422. The second-order valence-electron chi connectivity index (χ2n) is 5.62. The maximum absolute atomic E-state index is 12.4. The molecule has 0 fully saturated rings. The van der Waals surface area contributed by atoms with Crippen LogP contribution in [0.1, 0.15) is 36.3 Å². The Labute approximate surface area is 139 Å². The van der Waals surface area contributed by atoms with Gasteiger partial charge in [-0.3, -0.25) is 4.79 Å². The van der Waals surface area contributed by atoms with Crippen LogP contribution < -0.4 is 11.1 Å². The molecule has 2 atom stereocenters. The molecule has 1 aliphatic carbocycles. The standard InChI is InChI=1S/C16H19N7O/c1-9-5-10(6-17)15-11(9)3-2-4-14(15)22-16(24)12(7-18)13(19)8-21-23-20/h2-4,6-7,9-10,17,19H,5,8,18H2,1H3,(H,22,24)/b12-7+,17-6?,19-13?/t9?,10-/m0/s1. The van der Waals surface area contributed by atoms with Crippen LogP contribution in [-0.2, 0) is 4.79 Å². The van der Waals surface area contributed by atoms with Crippen LogP contribution in [-0.4, -0.2) is 24.4 Å². The number of hydrogen-bond acceptors (Lipinski definition) is 5. The van der Waals surface area contributed by atoms with Gasteiger partial charge in [0.15, 0.2) is 0 Å². The molecule has 1 unspecified atom stereocenters. The van der Waals surface area contributed by atoms with Crippen molar-refractivity contribution < 1.29 is 4.79 Å². The summed E-state index contributed by atoms with van der Waals surface area (Å²) in [6.45, 7) is 1.84. The van der Waals surface area contributed by atoms with Gasteiger partial charge in [0.1, 0.15) is 0 Å². The zero-order valence-corrected chi connectivity index (χ0v) is 13.3. The Morgan fingerprint density at radius 2 is 2.33 bits per heavy atom. The number of rotatable bonds is 6. The summed E-state index contributed by atoms with van der Waals surface area (Å²) in [5, 5.41) is 21.5. The lowest BCUT2D eigenvalue weighted by Crippen LogP contribution is -2.23. The Morgan fingerprint density at radius 3 is 2.96 bits per heavy atom. The number of carbonyl (C=O) groups is 1. The number of azide groups is 1. The van der Waals surface area contributed by atoms with Crippen LogP contribution in [0.15, 0.2) is 35.1 Å². The van der Waals surface area contributed by atoms with Gasteiger partial charge in [-0.1, -0.05) is 24.2 Å². The van der Waals surface area contributed by atoms with Crippen LogP contribution in [0.25, 0.3) is 10.4 Å². The number of nitrogens with one attached hydrogen (secondary N) is 3. The smallest absolute Gasteiger partial charge is 0.258 e. The van der Waals surface area contributed by atoms with Gasteiger partial charge in [0.25, 0.3) is 5.91 Å². The molecule has 5 N–H and O–H groups in total. The number of anilines is 1. The third-order valence-corrected chi connectivity index (χ3v) is 4.13. The molecule has 8 nitrogen and oxygen atoms in total. The fourth-order valence-electron chi connectivity index (χ4n) is 3.00. The number of carbonyl (C=O) groups excluding carboxylic acids is 1. The SMILES string of the molecule is CC1C[C@@H](C=N)c2c(NC(=O)/C(=C/N)C(=N)CN=[N+]=[N-])cccc21. The van der Waals surface area contributed by atoms with Crippen LogP contribution in [0.3, 0.4) is 0 Å². The van der Waals surface area contributed by atoms with Crippen molar-refractivity contribution >= 4 is 23.5 Å². The third kappa shape index (κ3) is 3.28. The van der Waals surface area contributed by atoms with Gasteiger partial charge < -0.3 is 21.9 Å². The molecule has 0 bridgehead atoms. The van der Waals surface area contributed by atoms with E-state index in [2.05, 4.69) is 22.3 Å². The van der Waals surface area contributed by atoms with Crippen molar-refractivity contribution in [2.75, 3.05) is 11.9 Å². The molecule has 1 amide bonds. The number of nitrogens with two attached hydrogens (primary N) is 1. The highest BCUT2D eigenvalue weighted by Gasteiger charge is 2.30. The van der Waals surface area contributed by atoms with E-state index < -0.39 is 5.91 Å². The summed E-state index contributed by atoms with van der Waals surface area (Å²) < 4.78 is 0. The molecular weight excluding hydrogens is 306 g/mol. The molecule has 2 rings (SSSR count). The third-order valence-electron chi connectivity index (χ3n) is 4.13. The predicted octanol–water partition coefficient (Wildman–Crippen LogP) is 3.04. The first-order valence-corrected chi connectivity index (χ1v) is 7.48. The van der Waals surface area contributed by atoms with Crippen molar-refractivity contribution in [3.63, 3.8) is 0 Å². The summed E-state index contributed by atoms with van der Waals surface area (Å²) in [5.74, 6) is -0.261. The maximum Gasteiger partial charge on any atom is 0.258 e. The highest BCUT2D eigenvalue weighted by atomic mass is 16.1. The molecule has 124 valence electrons. The molecule has 24 heavy (non-hydrogen) atoms. The Hall–Kier alpha value is -3.12. The quantitative estimate of drug-likeness (QED) is 0.209. The minimum Gasteiger partial charge on any atom is -0.404 e. The predicted molar refractivity (Wildman–Crippen MR) is 93.6 cm³/mol. The topological polar surface area (TPSA) is 152 Å². The summed E-state index contributed by atoms with van der Waals surface area (Å²) in [4.78, 5) is 15.0. The zero-order chi connectivity index (χ0) is 17.7. The molecule has 1 aromatic rings. The number of nitrogens with zero attached hydrogens (tertiary/aromatic N) is 3. The van der Waals surface area contributed by atoms with E-state index in [1.54, 1.807) is 6.07 Å². The average Bonchev–Trinajstić information content (AvgIpc) is 2.91. The lowest BCUT2D eigenvalue weighted by Gasteiger charge is -2.15. The molecule has 8 heteroatoms. The van der Waals surface area contributed by atoms with E-state index >= 15 is 0 Å². The first kappa shape index (κ1) is 17.2. The van der Waals surface area contributed by atoms with E-state index in [-0.39, 0.29) is 23.7 Å². The van der Waals surface area contributed by atoms with E-state index in [9.17, 15) is 4.79 Å². The molecule has 0 radical (unpaired) electrons. The molecule has 0 aromatic heterocycles. The second-order valence-corrected chi connectivity index (χ2v) is 5.62. The van der Waals surface area contributed by atoms with Gasteiger partial charge in [-0.15, -0.1) is 0 Å². The summed E-state index contributed by atoms with van der Waals surface area (Å²) in [7, 11) is 0. The number of fused-ring (bicyclic) bond motifs is 1. The van der Waals surface area contributed by atoms with Gasteiger partial charge in [0, 0.05) is 28.9 Å². The summed E-state index contributed by atoms with van der Waals surface area (Å²) in [5.41, 5.74) is 16.2. The van der Waals surface area contributed by atoms with Crippen LogP contribution in [0.4, 0.5) is 5.69 Å². The lowest BCUT2D eigenvalue weighted by molar-refractivity contribution is -0.112. The normalized spacial score (nSPS) is 19.1. The van der Waals surface area contributed by atoms with Crippen molar-refractivity contribution in [3.05, 3.63) is 51.5 Å². The number of benzene rings is 1. The summed E-state index contributed by atoms with van der Waals surface area (Å²) in [6.07, 6.45) is 3.25. The van der Waals surface area contributed by atoms with E-state index in [1.807, 2.05) is 12.1 Å². The first-order chi connectivity index (χ1) is 11.5. The van der Waals surface area contributed by atoms with Crippen LogP contribution in [0.2, 0.25) is 0 Å². The summed E-state index contributed by atoms with van der Waals surface area (Å²) in [6, 6.07) is 5.63. The molecule has 0 saturated heterocycles. The van der Waals surface area contributed by atoms with Crippen molar-refractivity contribution in [2.45, 2.75) is 25.2 Å². The van der Waals surface area contributed by atoms with Gasteiger partial charge in [-0.05, 0) is 35.1 Å². The Kier molecular flexibility index (Phi) is 5.34. The second kappa shape index (κ2) is 7.43. The molecule has 1 aromatic carbocycles. The van der Waals surface area contributed by atoms with Gasteiger partial charge >= 0.3 is 0 Å². The molecule has 0 heterocycles. The van der Waals surface area contributed by atoms with Crippen molar-refractivity contribution in [2.24, 2.45) is 10.8 Å². The monoisotopic (exact) mass is 325 g/mol. The van der Waals surface area contributed by atoms with Gasteiger partial charge in [-0.2, -0.15) is 0 Å². The zero-order valence-electron chi connectivity index (χ0n) is 13.3. The maximum atomic E-state index is 12.4.